The van der Waals surface area contributed by atoms with Crippen molar-refractivity contribution in [2.24, 2.45) is 0 Å². The standard InChI is InChI=1S/C26H27N3O6S2/c1-28(20-9-6-18(7-10-20)26(32)33)25(31)15-27-14-24(30)23-13-21(36)16-29(23)37(34,35)22-11-8-17-4-2-3-5-19(17)12-22/h2-12,21,23,27,36H,13-16H2,1H3,(H,32,33). The molecule has 1 amide bonds. The van der Waals surface area contributed by atoms with Crippen molar-refractivity contribution < 1.29 is 27.9 Å². The minimum atomic E-state index is -3.94. The molecule has 1 heterocycles. The number of hydrogen-bond donors (Lipinski definition) is 3. The number of Topliss-reactive ketones (excluding diaryl/α,β-unsaturated/α-hetero) is 1. The number of nitrogens with zero attached hydrogens (tertiary/aromatic N) is 2. The Morgan fingerprint density at radius 1 is 1.03 bits per heavy atom. The van der Waals surface area contributed by atoms with Crippen molar-refractivity contribution >= 4 is 56.8 Å². The van der Waals surface area contributed by atoms with Crippen molar-refractivity contribution in [2.45, 2.75) is 22.6 Å². The van der Waals surface area contributed by atoms with Gasteiger partial charge >= 0.3 is 5.97 Å². The molecule has 0 aliphatic carbocycles. The van der Waals surface area contributed by atoms with E-state index in [9.17, 15) is 22.8 Å². The van der Waals surface area contributed by atoms with Crippen LogP contribution in [-0.4, -0.2) is 73.5 Å². The van der Waals surface area contributed by atoms with Gasteiger partial charge in [-0.25, -0.2) is 13.2 Å². The number of carboxylic acids is 1. The average Bonchev–Trinajstić information content (AvgIpc) is 3.30. The van der Waals surface area contributed by atoms with Crippen molar-refractivity contribution in [3.05, 3.63) is 72.3 Å². The number of likely N-dealkylation sites (N-methyl/N-ethyl adjacent to an activating group) is 1. The number of nitrogens with one attached hydrogen (secondary N) is 1. The Morgan fingerprint density at radius 3 is 2.38 bits per heavy atom. The zero-order chi connectivity index (χ0) is 26.7. The minimum absolute atomic E-state index is 0.107. The smallest absolute Gasteiger partial charge is 0.335 e. The van der Waals surface area contributed by atoms with Gasteiger partial charge in [-0.1, -0.05) is 30.3 Å². The second kappa shape index (κ2) is 11.0. The van der Waals surface area contributed by atoms with Gasteiger partial charge in [0, 0.05) is 24.5 Å². The van der Waals surface area contributed by atoms with Crippen LogP contribution in [0, 0.1) is 0 Å². The summed E-state index contributed by atoms with van der Waals surface area (Å²) in [6, 6.07) is 17.3. The van der Waals surface area contributed by atoms with Crippen LogP contribution >= 0.6 is 12.6 Å². The number of sulfonamides is 1. The Kier molecular flexibility index (Phi) is 7.98. The Labute approximate surface area is 220 Å². The minimum Gasteiger partial charge on any atom is -0.478 e. The third-order valence-corrected chi connectivity index (χ3v) is 8.63. The lowest BCUT2D eigenvalue weighted by atomic mass is 10.1. The van der Waals surface area contributed by atoms with Crippen LogP contribution in [0.5, 0.6) is 0 Å². The maximum atomic E-state index is 13.5. The third kappa shape index (κ3) is 5.85. The van der Waals surface area contributed by atoms with E-state index >= 15 is 0 Å². The fourth-order valence-electron chi connectivity index (χ4n) is 4.31. The van der Waals surface area contributed by atoms with E-state index in [0.717, 1.165) is 10.8 Å². The van der Waals surface area contributed by atoms with Crippen molar-refractivity contribution in [1.82, 2.24) is 9.62 Å². The molecule has 0 radical (unpaired) electrons. The summed E-state index contributed by atoms with van der Waals surface area (Å²) in [6.07, 6.45) is 0.278. The molecule has 1 saturated heterocycles. The maximum Gasteiger partial charge on any atom is 0.335 e. The van der Waals surface area contributed by atoms with Crippen LogP contribution in [0.15, 0.2) is 71.6 Å². The monoisotopic (exact) mass is 541 g/mol. The van der Waals surface area contributed by atoms with Crippen molar-refractivity contribution in [3.8, 4) is 0 Å². The molecule has 0 saturated carbocycles. The number of thiol groups is 1. The van der Waals surface area contributed by atoms with Crippen LogP contribution in [0.25, 0.3) is 10.8 Å². The SMILES string of the molecule is CN(C(=O)CNCC(=O)C1CC(S)CN1S(=O)(=O)c1ccc2ccccc2c1)c1ccc(C(=O)O)cc1. The molecule has 4 rings (SSSR count). The molecule has 11 heteroatoms. The van der Waals surface area contributed by atoms with E-state index in [-0.39, 0.29) is 53.5 Å². The predicted molar refractivity (Wildman–Crippen MR) is 144 cm³/mol. The number of hydrogen-bond acceptors (Lipinski definition) is 7. The first-order valence-electron chi connectivity index (χ1n) is 11.6. The summed E-state index contributed by atoms with van der Waals surface area (Å²) < 4.78 is 28.1. The summed E-state index contributed by atoms with van der Waals surface area (Å²) in [6.45, 7) is -0.230. The molecule has 1 aliphatic heterocycles. The van der Waals surface area contributed by atoms with Crippen LogP contribution in [0.4, 0.5) is 5.69 Å². The molecule has 3 aromatic rings. The number of benzene rings is 3. The number of aromatic carboxylic acids is 1. The highest BCUT2D eigenvalue weighted by atomic mass is 32.2. The summed E-state index contributed by atoms with van der Waals surface area (Å²) >= 11 is 4.44. The lowest BCUT2D eigenvalue weighted by molar-refractivity contribution is -0.121. The second-order valence-corrected chi connectivity index (χ2v) is 11.5. The van der Waals surface area contributed by atoms with Crippen LogP contribution < -0.4 is 10.2 Å². The Bertz CT molecular complexity index is 1440. The van der Waals surface area contributed by atoms with Crippen molar-refractivity contribution in [1.29, 1.82) is 0 Å². The highest BCUT2D eigenvalue weighted by Crippen LogP contribution is 2.30. The topological polar surface area (TPSA) is 124 Å². The fourth-order valence-corrected chi connectivity index (χ4v) is 6.49. The van der Waals surface area contributed by atoms with Gasteiger partial charge in [0.25, 0.3) is 0 Å². The zero-order valence-electron chi connectivity index (χ0n) is 20.1. The van der Waals surface area contributed by atoms with Gasteiger partial charge in [0.05, 0.1) is 29.6 Å². The molecule has 0 spiro atoms. The average molecular weight is 542 g/mol. The lowest BCUT2D eigenvalue weighted by Gasteiger charge is -2.23. The number of fused-ring (bicyclic) bond motifs is 1. The largest absolute Gasteiger partial charge is 0.478 e. The number of carbonyl (C=O) groups excluding carboxylic acids is 2. The van der Waals surface area contributed by atoms with Crippen molar-refractivity contribution in [2.75, 3.05) is 31.6 Å². The Hall–Kier alpha value is -3.25. The number of carbonyl (C=O) groups is 3. The van der Waals surface area contributed by atoms with Gasteiger partial charge in [0.15, 0.2) is 5.78 Å². The van der Waals surface area contributed by atoms with Gasteiger partial charge in [-0.2, -0.15) is 16.9 Å². The molecule has 37 heavy (non-hydrogen) atoms. The van der Waals surface area contributed by atoms with E-state index < -0.39 is 22.0 Å². The highest BCUT2D eigenvalue weighted by molar-refractivity contribution is 7.89. The first-order chi connectivity index (χ1) is 17.6. The molecule has 2 unspecified atom stereocenters. The molecular weight excluding hydrogens is 514 g/mol. The Morgan fingerprint density at radius 2 is 1.70 bits per heavy atom. The summed E-state index contributed by atoms with van der Waals surface area (Å²) in [7, 11) is -2.40. The highest BCUT2D eigenvalue weighted by Gasteiger charge is 2.42. The number of rotatable bonds is 9. The fraction of sp³-hybridized carbons (Fsp3) is 0.269. The van der Waals surface area contributed by atoms with Gasteiger partial charge < -0.3 is 15.3 Å². The normalized spacial score (nSPS) is 18.1. The molecule has 2 atom stereocenters. The lowest BCUT2D eigenvalue weighted by Crippen LogP contribution is -2.45. The van der Waals surface area contributed by atoms with E-state index in [0.29, 0.717) is 5.69 Å². The predicted octanol–water partition coefficient (Wildman–Crippen LogP) is 2.42. The van der Waals surface area contributed by atoms with Crippen LogP contribution in [0.2, 0.25) is 0 Å². The van der Waals surface area contributed by atoms with E-state index in [4.69, 9.17) is 5.11 Å². The first kappa shape index (κ1) is 26.8. The number of anilines is 1. The molecule has 9 nitrogen and oxygen atoms in total. The van der Waals surface area contributed by atoms with Crippen molar-refractivity contribution in [3.63, 3.8) is 0 Å². The molecule has 0 aromatic heterocycles. The van der Waals surface area contributed by atoms with Gasteiger partial charge in [0.2, 0.25) is 15.9 Å². The number of ketones is 1. The van der Waals surface area contributed by atoms with E-state index in [1.807, 2.05) is 24.3 Å². The molecule has 1 fully saturated rings. The Balaban J connectivity index is 1.40. The summed E-state index contributed by atoms with van der Waals surface area (Å²) in [5, 5.41) is 13.2. The molecule has 0 bridgehead atoms. The van der Waals surface area contributed by atoms with Crippen LogP contribution in [0.3, 0.4) is 0 Å². The quantitative estimate of drug-likeness (QED) is 0.356. The first-order valence-corrected chi connectivity index (χ1v) is 13.6. The number of amides is 1. The van der Waals surface area contributed by atoms with Gasteiger partial charge in [0.1, 0.15) is 0 Å². The molecule has 2 N–H and O–H groups in total. The summed E-state index contributed by atoms with van der Waals surface area (Å²) in [4.78, 5) is 38.0. The van der Waals surface area contributed by atoms with Gasteiger partial charge in [-0.15, -0.1) is 0 Å². The van der Waals surface area contributed by atoms with E-state index in [1.54, 1.807) is 25.2 Å². The molecule has 1 aliphatic rings. The zero-order valence-corrected chi connectivity index (χ0v) is 21.8. The molecular formula is C26H27N3O6S2. The maximum absolute atomic E-state index is 13.5. The molecule has 3 aromatic carbocycles. The van der Waals surface area contributed by atoms with E-state index in [2.05, 4.69) is 17.9 Å². The van der Waals surface area contributed by atoms with Crippen LogP contribution in [0.1, 0.15) is 16.8 Å². The van der Waals surface area contributed by atoms with Gasteiger partial charge in [-0.05, 0) is 53.6 Å². The van der Waals surface area contributed by atoms with Gasteiger partial charge in [-0.3, -0.25) is 9.59 Å². The number of carboxylic acid groups (broad SMARTS) is 1. The van der Waals surface area contributed by atoms with Crippen LogP contribution in [-0.2, 0) is 19.6 Å². The third-order valence-electron chi connectivity index (χ3n) is 6.38. The summed E-state index contributed by atoms with van der Waals surface area (Å²) in [5.41, 5.74) is 0.611. The summed E-state index contributed by atoms with van der Waals surface area (Å²) in [5.74, 6) is -1.75. The molecule has 194 valence electrons. The van der Waals surface area contributed by atoms with E-state index in [1.165, 1.54) is 33.5 Å². The second-order valence-electron chi connectivity index (χ2n) is 8.86.